The van der Waals surface area contributed by atoms with Crippen LogP contribution in [-0.4, -0.2) is 20.5 Å². The van der Waals surface area contributed by atoms with Crippen LogP contribution in [0.2, 0.25) is 0 Å². The quantitative estimate of drug-likeness (QED) is 0.876. The van der Waals surface area contributed by atoms with E-state index in [2.05, 4.69) is 9.71 Å². The molecular weight excluding hydrogens is 298 g/mol. The van der Waals surface area contributed by atoms with Crippen LogP contribution in [0.1, 0.15) is 11.3 Å². The number of nitrogens with two attached hydrogens (primary N) is 1. The average molecular weight is 313 g/mol. The van der Waals surface area contributed by atoms with Crippen molar-refractivity contribution >= 4 is 26.5 Å². The molecule has 0 bridgehead atoms. The molecule has 20 heavy (non-hydrogen) atoms. The van der Waals surface area contributed by atoms with Crippen LogP contribution < -0.4 is 15.2 Å². The van der Waals surface area contributed by atoms with Crippen LogP contribution in [0.3, 0.4) is 0 Å². The second kappa shape index (κ2) is 5.78. The van der Waals surface area contributed by atoms with E-state index in [9.17, 15) is 8.42 Å². The number of nitrogens with one attached hydrogen (secondary N) is 1. The SMILES string of the molecule is COc1ccc(S(=O)(=O)Nc2nc(C)cs2)cc1CN. The van der Waals surface area contributed by atoms with Crippen LogP contribution in [-0.2, 0) is 16.6 Å². The maximum atomic E-state index is 12.3. The lowest BCUT2D eigenvalue weighted by atomic mass is 10.2. The monoisotopic (exact) mass is 313 g/mol. The van der Waals surface area contributed by atoms with E-state index in [1.54, 1.807) is 18.4 Å². The van der Waals surface area contributed by atoms with Gasteiger partial charge in [0, 0.05) is 17.5 Å². The molecule has 1 aromatic carbocycles. The summed E-state index contributed by atoms with van der Waals surface area (Å²) in [6.45, 7) is 2.00. The Hall–Kier alpha value is -1.64. The van der Waals surface area contributed by atoms with Gasteiger partial charge in [0.1, 0.15) is 5.75 Å². The topological polar surface area (TPSA) is 94.3 Å². The fourth-order valence-electron chi connectivity index (χ4n) is 1.66. The van der Waals surface area contributed by atoms with Crippen molar-refractivity contribution in [2.75, 3.05) is 11.8 Å². The summed E-state index contributed by atoms with van der Waals surface area (Å²) in [4.78, 5) is 4.21. The first-order valence-electron chi connectivity index (χ1n) is 5.78. The Bertz CT molecular complexity index is 710. The number of nitrogens with zero attached hydrogens (tertiary/aromatic N) is 1. The predicted octanol–water partition coefficient (Wildman–Crippen LogP) is 1.72. The molecule has 0 unspecified atom stereocenters. The number of ether oxygens (including phenoxy) is 1. The van der Waals surface area contributed by atoms with E-state index in [0.29, 0.717) is 16.4 Å². The van der Waals surface area contributed by atoms with Gasteiger partial charge in [-0.1, -0.05) is 0 Å². The molecule has 3 N–H and O–H groups in total. The summed E-state index contributed by atoms with van der Waals surface area (Å²) in [5.74, 6) is 0.566. The lowest BCUT2D eigenvalue weighted by Crippen LogP contribution is -2.13. The van der Waals surface area contributed by atoms with Gasteiger partial charge in [-0.25, -0.2) is 13.4 Å². The normalized spacial score (nSPS) is 11.3. The first-order valence-corrected chi connectivity index (χ1v) is 8.14. The summed E-state index contributed by atoms with van der Waals surface area (Å²) in [5, 5.41) is 2.12. The Morgan fingerprint density at radius 1 is 1.45 bits per heavy atom. The average Bonchev–Trinajstić information content (AvgIpc) is 2.82. The molecule has 0 amide bonds. The van der Waals surface area contributed by atoms with Crippen LogP contribution in [0.4, 0.5) is 5.13 Å². The number of aryl methyl sites for hydroxylation is 1. The molecule has 2 rings (SSSR count). The Morgan fingerprint density at radius 2 is 2.20 bits per heavy atom. The van der Waals surface area contributed by atoms with E-state index in [1.807, 2.05) is 0 Å². The molecule has 8 heteroatoms. The van der Waals surface area contributed by atoms with Crippen molar-refractivity contribution in [2.24, 2.45) is 5.73 Å². The number of aromatic nitrogens is 1. The molecule has 0 saturated heterocycles. The fourth-order valence-corrected chi connectivity index (χ4v) is 3.65. The summed E-state index contributed by atoms with van der Waals surface area (Å²) in [5.41, 5.74) is 6.99. The summed E-state index contributed by atoms with van der Waals surface area (Å²) < 4.78 is 32.1. The minimum Gasteiger partial charge on any atom is -0.496 e. The smallest absolute Gasteiger partial charge is 0.263 e. The number of sulfonamides is 1. The van der Waals surface area contributed by atoms with Crippen LogP contribution >= 0.6 is 11.3 Å². The van der Waals surface area contributed by atoms with Gasteiger partial charge in [0.25, 0.3) is 10.0 Å². The Morgan fingerprint density at radius 3 is 2.75 bits per heavy atom. The van der Waals surface area contributed by atoms with Crippen molar-refractivity contribution in [3.8, 4) is 5.75 Å². The molecule has 0 aliphatic rings. The lowest BCUT2D eigenvalue weighted by molar-refractivity contribution is 0.409. The molecule has 0 aliphatic heterocycles. The van der Waals surface area contributed by atoms with Crippen LogP contribution in [0.5, 0.6) is 5.75 Å². The second-order valence-corrected chi connectivity index (χ2v) is 6.62. The highest BCUT2D eigenvalue weighted by Gasteiger charge is 2.17. The van der Waals surface area contributed by atoms with Crippen LogP contribution in [0.25, 0.3) is 0 Å². The van der Waals surface area contributed by atoms with Gasteiger partial charge in [0.2, 0.25) is 0 Å². The zero-order valence-corrected chi connectivity index (χ0v) is 12.7. The zero-order chi connectivity index (χ0) is 14.8. The van der Waals surface area contributed by atoms with Gasteiger partial charge in [0.15, 0.2) is 5.13 Å². The number of methoxy groups -OCH3 is 1. The maximum absolute atomic E-state index is 12.3. The number of benzene rings is 1. The molecule has 0 spiro atoms. The predicted molar refractivity (Wildman–Crippen MR) is 78.5 cm³/mol. The highest BCUT2D eigenvalue weighted by molar-refractivity contribution is 7.93. The number of anilines is 1. The summed E-state index contributed by atoms with van der Waals surface area (Å²) in [6.07, 6.45) is 0. The van der Waals surface area contributed by atoms with Gasteiger partial charge in [-0.05, 0) is 25.1 Å². The zero-order valence-electron chi connectivity index (χ0n) is 11.1. The molecule has 0 aliphatic carbocycles. The molecule has 0 fully saturated rings. The molecule has 108 valence electrons. The molecule has 0 atom stereocenters. The van der Waals surface area contributed by atoms with E-state index in [4.69, 9.17) is 10.5 Å². The van der Waals surface area contributed by atoms with Crippen molar-refractivity contribution in [3.63, 3.8) is 0 Å². The molecule has 0 saturated carbocycles. The molecular formula is C12H15N3O3S2. The summed E-state index contributed by atoms with van der Waals surface area (Å²) >= 11 is 1.24. The summed E-state index contributed by atoms with van der Waals surface area (Å²) in [7, 11) is -2.16. The lowest BCUT2D eigenvalue weighted by Gasteiger charge is -2.10. The molecule has 1 aromatic heterocycles. The maximum Gasteiger partial charge on any atom is 0.263 e. The van der Waals surface area contributed by atoms with Crippen molar-refractivity contribution in [1.82, 2.24) is 4.98 Å². The third-order valence-electron chi connectivity index (χ3n) is 2.62. The van der Waals surface area contributed by atoms with Gasteiger partial charge >= 0.3 is 0 Å². The van der Waals surface area contributed by atoms with Crippen molar-refractivity contribution in [3.05, 3.63) is 34.8 Å². The fraction of sp³-hybridized carbons (Fsp3) is 0.250. The number of thiazole rings is 1. The molecule has 1 heterocycles. The Balaban J connectivity index is 2.34. The van der Waals surface area contributed by atoms with Crippen molar-refractivity contribution in [2.45, 2.75) is 18.4 Å². The number of rotatable bonds is 5. The summed E-state index contributed by atoms with van der Waals surface area (Å²) in [6, 6.07) is 4.56. The van der Waals surface area contributed by atoms with Gasteiger partial charge in [0.05, 0.1) is 17.7 Å². The van der Waals surface area contributed by atoms with Crippen molar-refractivity contribution < 1.29 is 13.2 Å². The molecule has 2 aromatic rings. The van der Waals surface area contributed by atoms with Gasteiger partial charge in [-0.3, -0.25) is 4.72 Å². The first-order chi connectivity index (χ1) is 9.46. The number of hydrogen-bond acceptors (Lipinski definition) is 6. The van der Waals surface area contributed by atoms with Gasteiger partial charge < -0.3 is 10.5 Å². The van der Waals surface area contributed by atoms with E-state index < -0.39 is 10.0 Å². The molecule has 0 radical (unpaired) electrons. The molecule has 6 nitrogen and oxygen atoms in total. The van der Waals surface area contributed by atoms with Gasteiger partial charge in [-0.2, -0.15) is 0 Å². The second-order valence-electron chi connectivity index (χ2n) is 4.08. The first kappa shape index (κ1) is 14.8. The third kappa shape index (κ3) is 3.09. The Kier molecular flexibility index (Phi) is 4.26. The van der Waals surface area contributed by atoms with Crippen molar-refractivity contribution in [1.29, 1.82) is 0 Å². The van der Waals surface area contributed by atoms with Crippen LogP contribution in [0, 0.1) is 6.92 Å². The van der Waals surface area contributed by atoms with E-state index in [-0.39, 0.29) is 11.4 Å². The number of hydrogen-bond donors (Lipinski definition) is 2. The highest BCUT2D eigenvalue weighted by atomic mass is 32.2. The van der Waals surface area contributed by atoms with E-state index >= 15 is 0 Å². The third-order valence-corrected chi connectivity index (χ3v) is 4.96. The van der Waals surface area contributed by atoms with E-state index in [0.717, 1.165) is 5.69 Å². The highest BCUT2D eigenvalue weighted by Crippen LogP contribution is 2.24. The van der Waals surface area contributed by atoms with Crippen LogP contribution in [0.15, 0.2) is 28.5 Å². The largest absolute Gasteiger partial charge is 0.496 e. The standard InChI is InChI=1S/C12H15N3O3S2/c1-8-7-19-12(14-8)15-20(16,17)10-3-4-11(18-2)9(5-10)6-13/h3-5,7H,6,13H2,1-2H3,(H,14,15). The minimum atomic E-state index is -3.67. The van der Waals surface area contributed by atoms with E-state index in [1.165, 1.54) is 30.6 Å². The Labute approximate surface area is 121 Å². The minimum absolute atomic E-state index is 0.131. The van der Waals surface area contributed by atoms with Gasteiger partial charge in [-0.15, -0.1) is 11.3 Å².